The molecule has 0 saturated carbocycles. The maximum Gasteiger partial charge on any atom is 0.328 e. The van der Waals surface area contributed by atoms with Crippen molar-refractivity contribution in [1.29, 1.82) is 0 Å². The van der Waals surface area contributed by atoms with Crippen molar-refractivity contribution in [3.05, 3.63) is 35.9 Å². The Kier molecular flexibility index (Phi) is 4.50. The lowest BCUT2D eigenvalue weighted by Gasteiger charge is -2.10. The number of carboxylic acid groups (broad SMARTS) is 1. The minimum absolute atomic E-state index is 0.432. The lowest BCUT2D eigenvalue weighted by atomic mass is 10.2. The summed E-state index contributed by atoms with van der Waals surface area (Å²) in [4.78, 5) is 10.3. The molecule has 1 aromatic carbocycles. The Morgan fingerprint density at radius 1 is 1.38 bits per heavy atom. The quantitative estimate of drug-likeness (QED) is 0.578. The molecular formula is C11H12O5. The van der Waals surface area contributed by atoms with Gasteiger partial charge in [0.05, 0.1) is 0 Å². The van der Waals surface area contributed by atoms with E-state index in [0.717, 1.165) is 11.6 Å². The predicted octanol–water partition coefficient (Wildman–Crippen LogP) is 1.09. The van der Waals surface area contributed by atoms with Crippen LogP contribution in [0.2, 0.25) is 0 Å². The third-order valence-corrected chi connectivity index (χ3v) is 1.74. The lowest BCUT2D eigenvalue weighted by molar-refractivity contribution is -0.200. The summed E-state index contributed by atoms with van der Waals surface area (Å²) in [7, 11) is 1.31. The summed E-state index contributed by atoms with van der Waals surface area (Å²) in [6, 6.07) is 6.53. The zero-order valence-corrected chi connectivity index (χ0v) is 8.66. The summed E-state index contributed by atoms with van der Waals surface area (Å²) in [5, 5.41) is 17.4. The summed E-state index contributed by atoms with van der Waals surface area (Å²) < 4.78 is 9.44. The van der Waals surface area contributed by atoms with Gasteiger partial charge in [0.25, 0.3) is 0 Å². The normalized spacial score (nSPS) is 12.6. The molecule has 2 N–H and O–H groups in total. The highest BCUT2D eigenvalue weighted by Crippen LogP contribution is 2.14. The van der Waals surface area contributed by atoms with Gasteiger partial charge in [-0.25, -0.2) is 4.79 Å². The van der Waals surface area contributed by atoms with Crippen LogP contribution in [0.3, 0.4) is 0 Å². The molecule has 5 nitrogen and oxygen atoms in total. The number of carboxylic acids is 1. The van der Waals surface area contributed by atoms with Crippen LogP contribution in [0.5, 0.6) is 5.75 Å². The highest BCUT2D eigenvalue weighted by molar-refractivity contribution is 5.85. The van der Waals surface area contributed by atoms with Crippen LogP contribution in [0, 0.1) is 0 Å². The lowest BCUT2D eigenvalue weighted by Crippen LogP contribution is -2.17. The molecule has 0 aliphatic rings. The predicted molar refractivity (Wildman–Crippen MR) is 56.8 cm³/mol. The molecule has 0 fully saturated rings. The summed E-state index contributed by atoms with van der Waals surface area (Å²) >= 11 is 0. The third-order valence-electron chi connectivity index (χ3n) is 1.74. The van der Waals surface area contributed by atoms with Crippen molar-refractivity contribution in [3.63, 3.8) is 0 Å². The minimum Gasteiger partial charge on any atom is -0.478 e. The van der Waals surface area contributed by atoms with E-state index in [9.17, 15) is 4.79 Å². The van der Waals surface area contributed by atoms with Crippen molar-refractivity contribution < 1.29 is 24.5 Å². The molecule has 1 atom stereocenters. The standard InChI is InChI=1S/C11H12O5/c1-15-11(14)16-9-5-2-8(3-6-9)4-7-10(12)13/h2-7,11,14H,1H3,(H,12,13)/b7-4+. The number of rotatable bonds is 5. The van der Waals surface area contributed by atoms with Crippen molar-refractivity contribution in [2.24, 2.45) is 0 Å². The molecule has 0 heterocycles. The molecule has 0 radical (unpaired) electrons. The van der Waals surface area contributed by atoms with E-state index in [-0.39, 0.29) is 0 Å². The smallest absolute Gasteiger partial charge is 0.328 e. The molecule has 1 rings (SSSR count). The molecule has 0 bridgehead atoms. The fraction of sp³-hybridized carbons (Fsp3) is 0.182. The largest absolute Gasteiger partial charge is 0.478 e. The Morgan fingerprint density at radius 2 is 2.00 bits per heavy atom. The molecular weight excluding hydrogens is 212 g/mol. The number of aliphatic hydroxyl groups excluding tert-OH is 1. The third kappa shape index (κ3) is 4.12. The van der Waals surface area contributed by atoms with Gasteiger partial charge >= 0.3 is 12.4 Å². The first-order valence-electron chi connectivity index (χ1n) is 4.50. The molecule has 5 heteroatoms. The maximum absolute atomic E-state index is 10.3. The molecule has 0 aliphatic heterocycles. The molecule has 86 valence electrons. The van der Waals surface area contributed by atoms with E-state index < -0.39 is 12.4 Å². The van der Waals surface area contributed by atoms with Crippen LogP contribution in [0.15, 0.2) is 30.3 Å². The number of aliphatic hydroxyl groups is 1. The number of hydrogen-bond donors (Lipinski definition) is 2. The van der Waals surface area contributed by atoms with E-state index in [2.05, 4.69) is 4.74 Å². The Hall–Kier alpha value is -1.85. The van der Waals surface area contributed by atoms with Gasteiger partial charge in [0.2, 0.25) is 0 Å². The van der Waals surface area contributed by atoms with Crippen molar-refractivity contribution >= 4 is 12.0 Å². The fourth-order valence-electron chi connectivity index (χ4n) is 0.990. The summed E-state index contributed by atoms with van der Waals surface area (Å²) in [5.41, 5.74) is 0.724. The van der Waals surface area contributed by atoms with Gasteiger partial charge in [0.1, 0.15) is 5.75 Å². The Balaban J connectivity index is 2.64. The number of methoxy groups -OCH3 is 1. The highest BCUT2D eigenvalue weighted by Gasteiger charge is 2.02. The van der Waals surface area contributed by atoms with Crippen LogP contribution in [-0.2, 0) is 9.53 Å². The molecule has 0 amide bonds. The Bertz CT molecular complexity index is 368. The van der Waals surface area contributed by atoms with Gasteiger partial charge in [-0.15, -0.1) is 0 Å². The van der Waals surface area contributed by atoms with Crippen LogP contribution in [0.4, 0.5) is 0 Å². The summed E-state index contributed by atoms with van der Waals surface area (Å²) in [6.07, 6.45) is 2.50. The van der Waals surface area contributed by atoms with Crippen molar-refractivity contribution in [2.45, 2.75) is 6.48 Å². The monoisotopic (exact) mass is 224 g/mol. The van der Waals surface area contributed by atoms with E-state index in [1.54, 1.807) is 24.3 Å². The number of hydrogen-bond acceptors (Lipinski definition) is 4. The van der Waals surface area contributed by atoms with Gasteiger partial charge in [-0.3, -0.25) is 0 Å². The van der Waals surface area contributed by atoms with Gasteiger partial charge < -0.3 is 19.7 Å². The first kappa shape index (κ1) is 12.2. The SMILES string of the molecule is COC(O)Oc1ccc(/C=C/C(=O)O)cc1. The van der Waals surface area contributed by atoms with Crippen LogP contribution < -0.4 is 4.74 Å². The molecule has 0 saturated heterocycles. The van der Waals surface area contributed by atoms with Crippen LogP contribution in [-0.4, -0.2) is 29.8 Å². The number of carbonyl (C=O) groups is 1. The molecule has 1 unspecified atom stereocenters. The van der Waals surface area contributed by atoms with Gasteiger partial charge in [0, 0.05) is 13.2 Å². The number of aliphatic carboxylic acids is 1. The van der Waals surface area contributed by atoms with Gasteiger partial charge in [0.15, 0.2) is 0 Å². The van der Waals surface area contributed by atoms with E-state index in [0.29, 0.717) is 5.75 Å². The zero-order valence-electron chi connectivity index (χ0n) is 8.66. The molecule has 0 spiro atoms. The molecule has 0 aromatic heterocycles. The average Bonchev–Trinajstić information content (AvgIpc) is 2.28. The first-order valence-corrected chi connectivity index (χ1v) is 4.50. The molecule has 16 heavy (non-hydrogen) atoms. The zero-order chi connectivity index (χ0) is 12.0. The number of benzene rings is 1. The van der Waals surface area contributed by atoms with Gasteiger partial charge in [-0.2, -0.15) is 0 Å². The van der Waals surface area contributed by atoms with Crippen LogP contribution in [0.25, 0.3) is 6.08 Å². The summed E-state index contributed by atoms with van der Waals surface area (Å²) in [6.45, 7) is -1.31. The van der Waals surface area contributed by atoms with Crippen molar-refractivity contribution in [2.75, 3.05) is 7.11 Å². The van der Waals surface area contributed by atoms with Crippen molar-refractivity contribution in [1.82, 2.24) is 0 Å². The molecule has 0 aliphatic carbocycles. The highest BCUT2D eigenvalue weighted by atomic mass is 16.8. The second kappa shape index (κ2) is 5.89. The second-order valence-electron chi connectivity index (χ2n) is 2.90. The first-order chi connectivity index (χ1) is 7.61. The second-order valence-corrected chi connectivity index (χ2v) is 2.90. The number of ether oxygens (including phenoxy) is 2. The van der Waals surface area contributed by atoms with E-state index in [1.165, 1.54) is 13.2 Å². The summed E-state index contributed by atoms with van der Waals surface area (Å²) in [5.74, 6) is -0.572. The Labute approximate surface area is 92.5 Å². The Morgan fingerprint density at radius 3 is 2.50 bits per heavy atom. The van der Waals surface area contributed by atoms with Crippen LogP contribution in [0.1, 0.15) is 5.56 Å². The van der Waals surface area contributed by atoms with E-state index >= 15 is 0 Å². The van der Waals surface area contributed by atoms with Crippen LogP contribution >= 0.6 is 0 Å². The fourth-order valence-corrected chi connectivity index (χ4v) is 0.990. The van der Waals surface area contributed by atoms with E-state index in [1.807, 2.05) is 0 Å². The van der Waals surface area contributed by atoms with Gasteiger partial charge in [-0.05, 0) is 23.8 Å². The average molecular weight is 224 g/mol. The van der Waals surface area contributed by atoms with E-state index in [4.69, 9.17) is 14.9 Å². The van der Waals surface area contributed by atoms with Gasteiger partial charge in [-0.1, -0.05) is 12.1 Å². The molecule has 1 aromatic rings. The maximum atomic E-state index is 10.3. The topological polar surface area (TPSA) is 76.0 Å². The van der Waals surface area contributed by atoms with Crippen molar-refractivity contribution in [3.8, 4) is 5.75 Å². The minimum atomic E-state index is -1.31.